The van der Waals surface area contributed by atoms with Gasteiger partial charge < -0.3 is 10.1 Å². The molecule has 0 spiro atoms. The molecule has 0 unspecified atom stereocenters. The molecule has 3 aromatic rings. The van der Waals surface area contributed by atoms with Crippen LogP contribution in [0.3, 0.4) is 0 Å². The number of cyclic esters (lactones) is 1. The number of carbonyl (C=O) groups excluding carboxylic acids is 2. The van der Waals surface area contributed by atoms with Gasteiger partial charge in [0, 0.05) is 30.2 Å². The molecule has 5 rings (SSSR count). The van der Waals surface area contributed by atoms with Gasteiger partial charge in [0.05, 0.1) is 6.20 Å². The highest BCUT2D eigenvalue weighted by Gasteiger charge is 2.38. The molecular formula is C19H18N6O3. The normalized spacial score (nSPS) is 19.7. The molecule has 1 saturated heterocycles. The van der Waals surface area contributed by atoms with E-state index in [1.54, 1.807) is 18.5 Å². The molecule has 5 heterocycles. The molecule has 3 aromatic heterocycles. The van der Waals surface area contributed by atoms with Gasteiger partial charge in [0.25, 0.3) is 5.91 Å². The molecule has 142 valence electrons. The van der Waals surface area contributed by atoms with Crippen LogP contribution in [0.25, 0.3) is 5.65 Å². The fraction of sp³-hybridized carbons (Fsp3) is 0.316. The lowest BCUT2D eigenvalue weighted by molar-refractivity contribution is 0.0954. The van der Waals surface area contributed by atoms with Gasteiger partial charge in [-0.25, -0.2) is 14.3 Å². The maximum atomic E-state index is 12.5. The Labute approximate surface area is 160 Å². The first-order valence-electron chi connectivity index (χ1n) is 9.25. The maximum absolute atomic E-state index is 12.5. The van der Waals surface area contributed by atoms with Gasteiger partial charge in [-0.2, -0.15) is 5.10 Å². The van der Waals surface area contributed by atoms with Crippen molar-refractivity contribution in [3.05, 3.63) is 53.6 Å². The van der Waals surface area contributed by atoms with Crippen molar-refractivity contribution in [3.8, 4) is 0 Å². The van der Waals surface area contributed by atoms with Gasteiger partial charge in [-0.15, -0.1) is 0 Å². The van der Waals surface area contributed by atoms with E-state index in [2.05, 4.69) is 20.4 Å². The van der Waals surface area contributed by atoms with Crippen LogP contribution < -0.4 is 10.2 Å². The van der Waals surface area contributed by atoms with Gasteiger partial charge in [-0.1, -0.05) is 6.07 Å². The third-order valence-corrected chi connectivity index (χ3v) is 5.13. The van der Waals surface area contributed by atoms with Crippen LogP contribution in [0.5, 0.6) is 0 Å². The predicted octanol–water partition coefficient (Wildman–Crippen LogP) is 1.89. The molecule has 1 fully saturated rings. The van der Waals surface area contributed by atoms with Crippen molar-refractivity contribution in [2.75, 3.05) is 18.1 Å². The molecule has 2 aliphatic heterocycles. The number of nitrogens with zero attached hydrogens (tertiary/aromatic N) is 5. The van der Waals surface area contributed by atoms with Gasteiger partial charge in [0.1, 0.15) is 24.0 Å². The summed E-state index contributed by atoms with van der Waals surface area (Å²) in [5, 5.41) is 7.10. The second kappa shape index (κ2) is 6.59. The summed E-state index contributed by atoms with van der Waals surface area (Å²) >= 11 is 0. The first-order chi connectivity index (χ1) is 13.7. The number of rotatable bonds is 0. The number of aromatic nitrogens is 4. The van der Waals surface area contributed by atoms with E-state index in [-0.39, 0.29) is 18.6 Å². The summed E-state index contributed by atoms with van der Waals surface area (Å²) in [6, 6.07) is 5.24. The fourth-order valence-corrected chi connectivity index (χ4v) is 3.73. The second-order valence-electron chi connectivity index (χ2n) is 6.83. The molecule has 2 bridgehead atoms. The molecule has 0 radical (unpaired) electrons. The molecule has 1 N–H and O–H groups in total. The van der Waals surface area contributed by atoms with Crippen molar-refractivity contribution < 1.29 is 14.3 Å². The number of carbonyl (C=O) groups is 2. The quantitative estimate of drug-likeness (QED) is 0.641. The number of aryl methyl sites for hydroxylation is 1. The summed E-state index contributed by atoms with van der Waals surface area (Å²) in [4.78, 5) is 35.7. The van der Waals surface area contributed by atoms with Crippen LogP contribution in [0.4, 0.5) is 10.6 Å². The third-order valence-electron chi connectivity index (χ3n) is 5.13. The van der Waals surface area contributed by atoms with Crippen molar-refractivity contribution in [1.29, 1.82) is 0 Å². The Kier molecular flexibility index (Phi) is 3.92. The Morgan fingerprint density at radius 1 is 1.21 bits per heavy atom. The number of anilines is 1. The van der Waals surface area contributed by atoms with Crippen LogP contribution >= 0.6 is 0 Å². The largest absolute Gasteiger partial charge is 0.447 e. The Hall–Kier alpha value is -3.49. The molecule has 0 saturated carbocycles. The summed E-state index contributed by atoms with van der Waals surface area (Å²) in [6.45, 7) is 0.798. The average Bonchev–Trinajstić information content (AvgIpc) is 3.30. The van der Waals surface area contributed by atoms with Crippen molar-refractivity contribution in [2.24, 2.45) is 0 Å². The summed E-state index contributed by atoms with van der Waals surface area (Å²) < 4.78 is 6.87. The minimum Gasteiger partial charge on any atom is -0.447 e. The predicted molar refractivity (Wildman–Crippen MR) is 99.1 cm³/mol. The first kappa shape index (κ1) is 16.7. The van der Waals surface area contributed by atoms with Gasteiger partial charge in [-0.05, 0) is 31.4 Å². The zero-order valence-corrected chi connectivity index (χ0v) is 15.0. The number of hydrogen-bond acceptors (Lipinski definition) is 6. The lowest BCUT2D eigenvalue weighted by Gasteiger charge is -2.22. The first-order valence-corrected chi connectivity index (χ1v) is 9.25. The molecule has 1 atom stereocenters. The Morgan fingerprint density at radius 2 is 2.14 bits per heavy atom. The number of hydrogen-bond donors (Lipinski definition) is 1. The Morgan fingerprint density at radius 3 is 3.07 bits per heavy atom. The highest BCUT2D eigenvalue weighted by Crippen LogP contribution is 2.34. The Bertz CT molecular complexity index is 1080. The van der Waals surface area contributed by atoms with Crippen LogP contribution in [0.15, 0.2) is 36.8 Å². The minimum absolute atomic E-state index is 0.226. The zero-order chi connectivity index (χ0) is 19.1. The van der Waals surface area contributed by atoms with Crippen LogP contribution in [0, 0.1) is 0 Å². The summed E-state index contributed by atoms with van der Waals surface area (Å²) in [7, 11) is 0. The smallest absolute Gasteiger partial charge is 0.416 e. The third kappa shape index (κ3) is 2.67. The van der Waals surface area contributed by atoms with Gasteiger partial charge in [0.2, 0.25) is 0 Å². The van der Waals surface area contributed by atoms with E-state index in [0.717, 1.165) is 30.5 Å². The van der Waals surface area contributed by atoms with Gasteiger partial charge >= 0.3 is 6.09 Å². The molecular weight excluding hydrogens is 360 g/mol. The van der Waals surface area contributed by atoms with Crippen molar-refractivity contribution in [3.63, 3.8) is 0 Å². The van der Waals surface area contributed by atoms with Crippen LogP contribution in [-0.2, 0) is 11.2 Å². The number of pyridine rings is 1. The molecule has 9 nitrogen and oxygen atoms in total. The summed E-state index contributed by atoms with van der Waals surface area (Å²) in [5.41, 5.74) is 2.68. The number of amides is 2. The lowest BCUT2D eigenvalue weighted by Crippen LogP contribution is -2.30. The molecule has 28 heavy (non-hydrogen) atoms. The Balaban J connectivity index is 1.68. The van der Waals surface area contributed by atoms with E-state index in [1.807, 2.05) is 12.1 Å². The van der Waals surface area contributed by atoms with E-state index >= 15 is 0 Å². The molecule has 0 aliphatic carbocycles. The fourth-order valence-electron chi connectivity index (χ4n) is 3.73. The van der Waals surface area contributed by atoms with E-state index in [1.165, 1.54) is 15.6 Å². The van der Waals surface area contributed by atoms with Gasteiger partial charge in [-0.3, -0.25) is 14.7 Å². The van der Waals surface area contributed by atoms with Crippen molar-refractivity contribution in [2.45, 2.75) is 25.3 Å². The van der Waals surface area contributed by atoms with E-state index in [4.69, 9.17) is 4.74 Å². The van der Waals surface area contributed by atoms with E-state index in [9.17, 15) is 9.59 Å². The van der Waals surface area contributed by atoms with Crippen LogP contribution in [0.2, 0.25) is 0 Å². The average molecular weight is 378 g/mol. The number of nitrogens with one attached hydrogen (secondary N) is 1. The topological polar surface area (TPSA) is 102 Å². The summed E-state index contributed by atoms with van der Waals surface area (Å²) in [6.07, 6.45) is 6.93. The van der Waals surface area contributed by atoms with Crippen molar-refractivity contribution >= 4 is 23.5 Å². The van der Waals surface area contributed by atoms with Gasteiger partial charge in [0.15, 0.2) is 5.65 Å². The van der Waals surface area contributed by atoms with Crippen LogP contribution in [0.1, 0.15) is 40.5 Å². The van der Waals surface area contributed by atoms with E-state index in [0.29, 0.717) is 23.6 Å². The molecule has 9 heteroatoms. The maximum Gasteiger partial charge on any atom is 0.416 e. The molecule has 2 aliphatic rings. The minimum atomic E-state index is -0.464. The summed E-state index contributed by atoms with van der Waals surface area (Å²) in [5.74, 6) is 0.192. The van der Waals surface area contributed by atoms with E-state index < -0.39 is 6.09 Å². The standard InChI is InChI=1S/C19H18N6O3/c26-18-13-10-22-24-9-6-16(23-17(13)24)25-15(11-28-19(25)27)12-4-3-8-20-14(12)5-1-2-7-21-18/h3-4,6,8-10,15H,1-2,5,7,11H2,(H,21,26)/t15-/m1/s1. The molecule has 0 aromatic carbocycles. The van der Waals surface area contributed by atoms with Crippen molar-refractivity contribution in [1.82, 2.24) is 24.9 Å². The van der Waals surface area contributed by atoms with Crippen LogP contribution in [-0.4, -0.2) is 44.7 Å². The molecule has 2 amide bonds. The lowest BCUT2D eigenvalue weighted by atomic mass is 10.0. The monoisotopic (exact) mass is 378 g/mol. The number of fused-ring (bicyclic) bond motifs is 5. The number of ether oxygens (including phenoxy) is 1. The highest BCUT2D eigenvalue weighted by atomic mass is 16.6. The highest BCUT2D eigenvalue weighted by molar-refractivity contribution is 6.00. The SMILES string of the molecule is O=C1NCCCCc2ncccc2[C@H]2COC(=O)N2c2ccn3ncc1c3n2. The zero-order valence-electron chi connectivity index (χ0n) is 15.0. The second-order valence-corrected chi connectivity index (χ2v) is 6.83.